The van der Waals surface area contributed by atoms with Crippen LogP contribution in [0.3, 0.4) is 0 Å². The molecule has 0 aliphatic carbocycles. The molecule has 124 valence electrons. The van der Waals surface area contributed by atoms with Crippen molar-refractivity contribution in [1.29, 1.82) is 0 Å². The second-order valence-electron chi connectivity index (χ2n) is 4.63. The van der Waals surface area contributed by atoms with Crippen molar-refractivity contribution < 1.29 is 22.0 Å². The lowest BCUT2D eigenvalue weighted by molar-refractivity contribution is 0.254. The molecule has 2 rings (SSSR count). The summed E-state index contributed by atoms with van der Waals surface area (Å²) in [6.45, 7) is 1.63. The Morgan fingerprint density at radius 2 is 1.91 bits per heavy atom. The molecule has 1 fully saturated rings. The predicted molar refractivity (Wildman–Crippen MR) is 84.9 cm³/mol. The lowest BCUT2D eigenvalue weighted by Crippen LogP contribution is -2.43. The van der Waals surface area contributed by atoms with E-state index in [1.165, 1.54) is 24.3 Å². The fraction of sp³-hybridized carbons (Fsp3) is 0.455. The van der Waals surface area contributed by atoms with E-state index in [-0.39, 0.29) is 11.5 Å². The van der Waals surface area contributed by atoms with Crippen molar-refractivity contribution in [3.63, 3.8) is 0 Å². The number of nitrogens with one attached hydrogen (secondary N) is 1. The minimum atomic E-state index is -4.07. The molecule has 0 radical (unpaired) electrons. The van der Waals surface area contributed by atoms with Crippen LogP contribution in [0.2, 0.25) is 0 Å². The summed E-state index contributed by atoms with van der Waals surface area (Å²) in [5.41, 5.74) is 0. The third-order valence-corrected chi connectivity index (χ3v) is 7.80. The summed E-state index contributed by atoms with van der Waals surface area (Å²) in [5, 5.41) is 0. The van der Waals surface area contributed by atoms with Crippen molar-refractivity contribution in [2.75, 3.05) is 6.61 Å². The Morgan fingerprint density at radius 3 is 2.36 bits per heavy atom. The van der Waals surface area contributed by atoms with E-state index >= 15 is 0 Å². The van der Waals surface area contributed by atoms with E-state index in [2.05, 4.69) is 4.72 Å². The highest BCUT2D eigenvalue weighted by atomic mass is 35.6. The van der Waals surface area contributed by atoms with Gasteiger partial charge < -0.3 is 9.05 Å². The summed E-state index contributed by atoms with van der Waals surface area (Å²) in [4.78, 5) is -0.0619. The van der Waals surface area contributed by atoms with Gasteiger partial charge in [0.15, 0.2) is 5.78 Å². The zero-order valence-corrected chi connectivity index (χ0v) is 15.3. The number of benzene rings is 1. The Morgan fingerprint density at radius 1 is 1.32 bits per heavy atom. The van der Waals surface area contributed by atoms with Crippen molar-refractivity contribution >= 4 is 52.4 Å². The van der Waals surface area contributed by atoms with Crippen LogP contribution in [-0.4, -0.2) is 30.7 Å². The SMILES string of the molecule is C[C@H]1CO[P@](=O)([C@H](NS(=O)(=O)c2ccccc2)C(Cl)(Cl)Cl)O1. The first-order valence-corrected chi connectivity index (χ1v) is 10.3. The molecule has 1 aliphatic heterocycles. The summed E-state index contributed by atoms with van der Waals surface area (Å²) < 4.78 is 47.5. The Balaban J connectivity index is 2.35. The minimum Gasteiger partial charge on any atom is -0.305 e. The molecule has 0 unspecified atom stereocenters. The van der Waals surface area contributed by atoms with Crippen molar-refractivity contribution in [2.45, 2.75) is 27.5 Å². The molecule has 1 aromatic rings. The van der Waals surface area contributed by atoms with Crippen LogP contribution in [0.25, 0.3) is 0 Å². The molecule has 1 heterocycles. The van der Waals surface area contributed by atoms with E-state index < -0.39 is 33.3 Å². The Labute approximate surface area is 143 Å². The molecule has 0 aromatic heterocycles. The van der Waals surface area contributed by atoms with Gasteiger partial charge in [0, 0.05) is 0 Å². The van der Waals surface area contributed by atoms with Gasteiger partial charge in [-0.25, -0.2) is 8.42 Å². The van der Waals surface area contributed by atoms with Crippen LogP contribution >= 0.6 is 42.4 Å². The maximum absolute atomic E-state index is 12.7. The molecule has 1 aliphatic rings. The second kappa shape index (κ2) is 6.57. The maximum atomic E-state index is 12.7. The van der Waals surface area contributed by atoms with E-state index in [1.807, 2.05) is 0 Å². The maximum Gasteiger partial charge on any atom is 0.353 e. The first-order chi connectivity index (χ1) is 10.0. The molecular formula is C11H13Cl3NO5PS. The fourth-order valence-electron chi connectivity index (χ4n) is 1.78. The molecule has 1 saturated heterocycles. The van der Waals surface area contributed by atoms with Crippen LogP contribution in [0.4, 0.5) is 0 Å². The van der Waals surface area contributed by atoms with E-state index in [0.29, 0.717) is 0 Å². The van der Waals surface area contributed by atoms with Crippen LogP contribution in [-0.2, 0) is 23.6 Å². The van der Waals surface area contributed by atoms with E-state index in [1.54, 1.807) is 13.0 Å². The summed E-state index contributed by atoms with van der Waals surface area (Å²) in [5.74, 6) is -1.67. The smallest absolute Gasteiger partial charge is 0.305 e. The van der Waals surface area contributed by atoms with Gasteiger partial charge >= 0.3 is 7.60 Å². The Kier molecular flexibility index (Phi) is 5.52. The number of hydrogen-bond donors (Lipinski definition) is 1. The van der Waals surface area contributed by atoms with Crippen molar-refractivity contribution in [3.05, 3.63) is 30.3 Å². The third kappa shape index (κ3) is 4.16. The van der Waals surface area contributed by atoms with E-state index in [4.69, 9.17) is 43.9 Å². The van der Waals surface area contributed by atoms with Gasteiger partial charge in [0.1, 0.15) is 0 Å². The van der Waals surface area contributed by atoms with Crippen molar-refractivity contribution in [1.82, 2.24) is 4.72 Å². The molecule has 11 heteroatoms. The molecule has 1 N–H and O–H groups in total. The van der Waals surface area contributed by atoms with Gasteiger partial charge in [-0.3, -0.25) is 4.57 Å². The highest BCUT2D eigenvalue weighted by Crippen LogP contribution is 2.62. The highest BCUT2D eigenvalue weighted by Gasteiger charge is 2.54. The minimum absolute atomic E-state index is 0.0155. The Bertz CT molecular complexity index is 679. The van der Waals surface area contributed by atoms with E-state index in [0.717, 1.165) is 0 Å². The summed E-state index contributed by atoms with van der Waals surface area (Å²) in [6.07, 6.45) is -0.498. The van der Waals surface area contributed by atoms with Crippen LogP contribution < -0.4 is 4.72 Å². The zero-order valence-electron chi connectivity index (χ0n) is 11.3. The standard InChI is InChI=1S/C11H13Cl3NO5PS/c1-8-7-19-21(16,20-8)10(11(12,13)14)15-22(17,18)9-5-3-2-4-6-9/h2-6,8,10,15H,7H2,1H3/t8-,10-,21+/m0/s1. The van der Waals surface area contributed by atoms with Gasteiger partial charge in [0.2, 0.25) is 13.8 Å². The van der Waals surface area contributed by atoms with Crippen LogP contribution in [0.5, 0.6) is 0 Å². The zero-order chi connectivity index (χ0) is 16.6. The van der Waals surface area contributed by atoms with Gasteiger partial charge in [-0.15, -0.1) is 0 Å². The van der Waals surface area contributed by atoms with Gasteiger partial charge in [-0.2, -0.15) is 4.72 Å². The fourth-order valence-corrected chi connectivity index (χ4v) is 6.94. The van der Waals surface area contributed by atoms with E-state index in [9.17, 15) is 13.0 Å². The molecule has 0 bridgehead atoms. The lowest BCUT2D eigenvalue weighted by Gasteiger charge is -2.28. The topological polar surface area (TPSA) is 81.7 Å². The Hall–Kier alpha value is 0.150. The number of halogens is 3. The van der Waals surface area contributed by atoms with Crippen LogP contribution in [0, 0.1) is 0 Å². The van der Waals surface area contributed by atoms with Crippen molar-refractivity contribution in [3.8, 4) is 0 Å². The molecule has 22 heavy (non-hydrogen) atoms. The predicted octanol–water partition coefficient (Wildman–Crippen LogP) is 3.29. The first-order valence-electron chi connectivity index (χ1n) is 6.11. The highest BCUT2D eigenvalue weighted by molar-refractivity contribution is 7.89. The number of alkyl halides is 3. The van der Waals surface area contributed by atoms with Crippen LogP contribution in [0.15, 0.2) is 35.2 Å². The second-order valence-corrected chi connectivity index (χ2v) is 10.8. The number of hydrogen-bond acceptors (Lipinski definition) is 5. The summed E-state index contributed by atoms with van der Waals surface area (Å²) in [6, 6.07) is 7.43. The van der Waals surface area contributed by atoms with Gasteiger partial charge in [0.05, 0.1) is 17.6 Å². The summed E-state index contributed by atoms with van der Waals surface area (Å²) in [7, 11) is -8.03. The largest absolute Gasteiger partial charge is 0.353 e. The molecule has 1 aromatic carbocycles. The normalized spacial score (nSPS) is 27.7. The van der Waals surface area contributed by atoms with Gasteiger partial charge in [-0.1, -0.05) is 53.0 Å². The monoisotopic (exact) mass is 407 g/mol. The quantitative estimate of drug-likeness (QED) is 0.611. The van der Waals surface area contributed by atoms with Gasteiger partial charge in [-0.05, 0) is 19.1 Å². The molecule has 0 amide bonds. The molecule has 3 atom stereocenters. The lowest BCUT2D eigenvalue weighted by atomic mass is 10.4. The first kappa shape index (κ1) is 18.5. The number of sulfonamides is 1. The molecule has 6 nitrogen and oxygen atoms in total. The van der Waals surface area contributed by atoms with Crippen molar-refractivity contribution in [2.24, 2.45) is 0 Å². The molecule has 0 saturated carbocycles. The van der Waals surface area contributed by atoms with Gasteiger partial charge in [0.25, 0.3) is 0 Å². The average Bonchev–Trinajstić information content (AvgIpc) is 2.76. The van der Waals surface area contributed by atoms with Crippen LogP contribution in [0.1, 0.15) is 6.92 Å². The summed E-state index contributed by atoms with van der Waals surface area (Å²) >= 11 is 17.3. The molecular weight excluding hydrogens is 396 g/mol. The third-order valence-electron chi connectivity index (χ3n) is 2.76. The number of rotatable bonds is 4. The average molecular weight is 409 g/mol. The molecule has 0 spiro atoms.